The molecule has 0 unspecified atom stereocenters. The molecule has 0 heterocycles. The van der Waals surface area contributed by atoms with Crippen LogP contribution < -0.4 is 6.15 Å². The van der Waals surface area contributed by atoms with E-state index in [-0.39, 0.29) is 6.15 Å². The van der Waals surface area contributed by atoms with E-state index in [9.17, 15) is 0 Å². The highest BCUT2D eigenvalue weighted by atomic mass is 14.2. The third kappa shape index (κ3) is 4.05. The molecule has 0 aromatic heterocycles. The van der Waals surface area contributed by atoms with Gasteiger partial charge in [-0.1, -0.05) is 133 Å². The van der Waals surface area contributed by atoms with Gasteiger partial charge in [0.05, 0.1) is 0 Å². The Kier molecular flexibility index (Phi) is 6.29. The number of hydrogen-bond acceptors (Lipinski definition) is 1. The quantitative estimate of drug-likeness (QED) is 0.213. The summed E-state index contributed by atoms with van der Waals surface area (Å²) in [6.07, 6.45) is 3.58. The normalized spacial score (nSPS) is 12.5. The standard InChI is InChI=1S/C43H30.H3N/c1-2-11-31-26-33(23-22-28(31)10-1)32-15-8-16-34(27-32)42-36-17-3-5-19-38(36)43(39-20-6-4-18-37(39)42)40-25-24-30-13-7-12-29-14-9-21-35(40)41(29)30;/h1-6,8-11,14-27H,7,12-13H2;1H3. The summed E-state index contributed by atoms with van der Waals surface area (Å²) in [6.45, 7) is 0. The summed E-state index contributed by atoms with van der Waals surface area (Å²) >= 11 is 0. The van der Waals surface area contributed by atoms with Gasteiger partial charge in [0.1, 0.15) is 0 Å². The summed E-state index contributed by atoms with van der Waals surface area (Å²) in [5.74, 6) is 0. The fraction of sp³-hybridized carbons (Fsp3) is 0.0698. The average molecular weight is 564 g/mol. The Hall–Kier alpha value is -5.24. The van der Waals surface area contributed by atoms with Crippen LogP contribution in [0.1, 0.15) is 17.5 Å². The zero-order valence-corrected chi connectivity index (χ0v) is 24.7. The van der Waals surface area contributed by atoms with Crippen molar-refractivity contribution in [3.63, 3.8) is 0 Å². The van der Waals surface area contributed by atoms with E-state index in [2.05, 4.69) is 146 Å². The first-order chi connectivity index (χ1) is 21.3. The fourth-order valence-corrected chi connectivity index (χ4v) is 7.62. The summed E-state index contributed by atoms with van der Waals surface area (Å²) in [5, 5.41) is 10.6. The van der Waals surface area contributed by atoms with Crippen LogP contribution in [-0.4, -0.2) is 0 Å². The molecule has 1 nitrogen and oxygen atoms in total. The Morgan fingerprint density at radius 3 is 1.68 bits per heavy atom. The van der Waals surface area contributed by atoms with E-state index >= 15 is 0 Å². The largest absolute Gasteiger partial charge is 0.344 e. The molecule has 0 bridgehead atoms. The van der Waals surface area contributed by atoms with Gasteiger partial charge in [-0.2, -0.15) is 0 Å². The Balaban J connectivity index is 0.00000289. The number of rotatable bonds is 3. The molecule has 210 valence electrons. The van der Waals surface area contributed by atoms with Gasteiger partial charge in [0, 0.05) is 0 Å². The highest BCUT2D eigenvalue weighted by Gasteiger charge is 2.20. The van der Waals surface area contributed by atoms with Crippen molar-refractivity contribution in [2.45, 2.75) is 19.3 Å². The van der Waals surface area contributed by atoms with Gasteiger partial charge in [-0.3, -0.25) is 0 Å². The molecule has 0 aliphatic heterocycles. The highest BCUT2D eigenvalue weighted by Crippen LogP contribution is 2.46. The van der Waals surface area contributed by atoms with E-state index in [1.807, 2.05) is 0 Å². The van der Waals surface area contributed by atoms with Crippen molar-refractivity contribution in [2.24, 2.45) is 0 Å². The monoisotopic (exact) mass is 563 g/mol. The third-order valence-electron chi connectivity index (χ3n) is 9.54. The summed E-state index contributed by atoms with van der Waals surface area (Å²) in [5.41, 5.74) is 10.7. The lowest BCUT2D eigenvalue weighted by molar-refractivity contribution is 0.808. The zero-order valence-electron chi connectivity index (χ0n) is 24.7. The van der Waals surface area contributed by atoms with Gasteiger partial charge in [0.2, 0.25) is 0 Å². The minimum Gasteiger partial charge on any atom is -0.344 e. The fourth-order valence-electron chi connectivity index (χ4n) is 7.62. The second-order valence-electron chi connectivity index (χ2n) is 11.9. The van der Waals surface area contributed by atoms with Crippen LogP contribution in [0.15, 0.2) is 146 Å². The Morgan fingerprint density at radius 2 is 0.932 bits per heavy atom. The first-order valence-corrected chi connectivity index (χ1v) is 15.4. The van der Waals surface area contributed by atoms with Gasteiger partial charge in [-0.25, -0.2) is 0 Å². The van der Waals surface area contributed by atoms with Crippen LogP contribution in [-0.2, 0) is 12.8 Å². The summed E-state index contributed by atoms with van der Waals surface area (Å²) in [4.78, 5) is 0. The van der Waals surface area contributed by atoms with Crippen LogP contribution in [0.4, 0.5) is 0 Å². The predicted octanol–water partition coefficient (Wildman–Crippen LogP) is 12.0. The first-order valence-electron chi connectivity index (χ1n) is 15.4. The van der Waals surface area contributed by atoms with Crippen LogP contribution in [0, 0.1) is 0 Å². The van der Waals surface area contributed by atoms with Gasteiger partial charge in [0.25, 0.3) is 0 Å². The smallest absolute Gasteiger partial charge is 0.00201 e. The van der Waals surface area contributed by atoms with E-state index in [0.717, 1.165) is 0 Å². The minimum absolute atomic E-state index is 0. The number of fused-ring (bicyclic) bond motifs is 3. The molecule has 0 spiro atoms. The van der Waals surface area contributed by atoms with Crippen molar-refractivity contribution in [3.05, 3.63) is 157 Å². The van der Waals surface area contributed by atoms with Crippen molar-refractivity contribution in [3.8, 4) is 33.4 Å². The Morgan fingerprint density at radius 1 is 0.364 bits per heavy atom. The average Bonchev–Trinajstić information content (AvgIpc) is 3.08. The van der Waals surface area contributed by atoms with Crippen molar-refractivity contribution in [1.29, 1.82) is 0 Å². The molecule has 8 aromatic rings. The molecule has 0 radical (unpaired) electrons. The van der Waals surface area contributed by atoms with Crippen LogP contribution >= 0.6 is 0 Å². The lowest BCUT2D eigenvalue weighted by Gasteiger charge is -2.22. The molecule has 9 rings (SSSR count). The molecular formula is C43H33N. The third-order valence-corrected chi connectivity index (χ3v) is 9.54. The molecule has 0 saturated heterocycles. The van der Waals surface area contributed by atoms with E-state index < -0.39 is 0 Å². The van der Waals surface area contributed by atoms with Gasteiger partial charge in [-0.05, 0) is 119 Å². The zero-order chi connectivity index (χ0) is 28.3. The van der Waals surface area contributed by atoms with Crippen molar-refractivity contribution < 1.29 is 0 Å². The summed E-state index contributed by atoms with van der Waals surface area (Å²) in [6, 6.07) is 54.3. The first kappa shape index (κ1) is 26.4. The van der Waals surface area contributed by atoms with Crippen molar-refractivity contribution >= 4 is 43.1 Å². The van der Waals surface area contributed by atoms with E-state index in [1.165, 1.54) is 107 Å². The molecule has 1 aliphatic rings. The second kappa shape index (κ2) is 10.5. The van der Waals surface area contributed by atoms with E-state index in [4.69, 9.17) is 0 Å². The Bertz CT molecular complexity index is 2310. The number of aryl methyl sites for hydroxylation is 2. The van der Waals surface area contributed by atoms with E-state index in [1.54, 1.807) is 0 Å². The molecule has 0 amide bonds. The summed E-state index contributed by atoms with van der Waals surface area (Å²) < 4.78 is 0. The molecule has 1 aliphatic carbocycles. The van der Waals surface area contributed by atoms with Gasteiger partial charge >= 0.3 is 0 Å². The van der Waals surface area contributed by atoms with Crippen molar-refractivity contribution in [1.82, 2.24) is 6.15 Å². The van der Waals surface area contributed by atoms with Gasteiger partial charge in [0.15, 0.2) is 0 Å². The van der Waals surface area contributed by atoms with Gasteiger partial charge in [-0.15, -0.1) is 0 Å². The molecular weight excluding hydrogens is 530 g/mol. The molecule has 1 heteroatoms. The minimum atomic E-state index is 0. The molecule has 0 fully saturated rings. The van der Waals surface area contributed by atoms with E-state index in [0.29, 0.717) is 0 Å². The van der Waals surface area contributed by atoms with Crippen molar-refractivity contribution in [2.75, 3.05) is 0 Å². The molecule has 8 aromatic carbocycles. The maximum atomic E-state index is 2.39. The predicted molar refractivity (Wildman–Crippen MR) is 190 cm³/mol. The molecule has 3 N–H and O–H groups in total. The maximum Gasteiger partial charge on any atom is -0.00201 e. The summed E-state index contributed by atoms with van der Waals surface area (Å²) in [7, 11) is 0. The topological polar surface area (TPSA) is 35.0 Å². The second-order valence-corrected chi connectivity index (χ2v) is 11.9. The highest BCUT2D eigenvalue weighted by molar-refractivity contribution is 6.23. The molecule has 44 heavy (non-hydrogen) atoms. The molecule has 0 saturated carbocycles. The lowest BCUT2D eigenvalue weighted by Crippen LogP contribution is -2.02. The Labute approximate surface area is 258 Å². The molecule has 0 atom stereocenters. The maximum absolute atomic E-state index is 2.39. The lowest BCUT2D eigenvalue weighted by atomic mass is 9.81. The van der Waals surface area contributed by atoms with Crippen LogP contribution in [0.2, 0.25) is 0 Å². The number of benzene rings is 8. The van der Waals surface area contributed by atoms with Gasteiger partial charge < -0.3 is 6.15 Å². The SMILES string of the molecule is N.c1cc(-c2ccc3ccccc3c2)cc(-c2c3ccccc3c(-c3ccc4c5c(cccc35)CCC4)c3ccccc23)c1. The van der Waals surface area contributed by atoms with Crippen LogP contribution in [0.5, 0.6) is 0 Å². The number of hydrogen-bond donors (Lipinski definition) is 1. The van der Waals surface area contributed by atoms with Crippen LogP contribution in [0.3, 0.4) is 0 Å². The van der Waals surface area contributed by atoms with Crippen LogP contribution in [0.25, 0.3) is 76.5 Å².